The summed E-state index contributed by atoms with van der Waals surface area (Å²) in [7, 11) is 0. The molecule has 1 amide bonds. The van der Waals surface area contributed by atoms with E-state index >= 15 is 0 Å². The van der Waals surface area contributed by atoms with Gasteiger partial charge in [0.2, 0.25) is 0 Å². The van der Waals surface area contributed by atoms with E-state index in [9.17, 15) is 4.79 Å². The molecule has 0 radical (unpaired) electrons. The summed E-state index contributed by atoms with van der Waals surface area (Å²) >= 11 is 0. The molecule has 1 aromatic heterocycles. The molecule has 6 heteroatoms. The van der Waals surface area contributed by atoms with E-state index in [0.717, 1.165) is 24.1 Å². The Morgan fingerprint density at radius 2 is 2.00 bits per heavy atom. The highest BCUT2D eigenvalue weighted by atomic mass is 16.1. The number of pyridine rings is 1. The Kier molecular flexibility index (Phi) is 5.19. The maximum Gasteiger partial charge on any atom is 0.252 e. The van der Waals surface area contributed by atoms with Gasteiger partial charge in [-0.15, -0.1) is 0 Å². The van der Waals surface area contributed by atoms with Gasteiger partial charge in [0.05, 0.1) is 5.56 Å². The largest absolute Gasteiger partial charge is 0.366 e. The Bertz CT molecular complexity index is 761. The van der Waals surface area contributed by atoms with Crippen LogP contribution >= 0.6 is 0 Å². The number of rotatable bonds is 5. The highest BCUT2D eigenvalue weighted by Crippen LogP contribution is 2.24. The summed E-state index contributed by atoms with van der Waals surface area (Å²) in [5, 5.41) is 6.61. The van der Waals surface area contributed by atoms with Gasteiger partial charge in [-0.1, -0.05) is 25.0 Å². The van der Waals surface area contributed by atoms with Crippen molar-refractivity contribution in [1.82, 2.24) is 4.98 Å². The molecule has 2 atom stereocenters. The fourth-order valence-electron chi connectivity index (χ4n) is 3.22. The van der Waals surface area contributed by atoms with Crippen LogP contribution in [-0.2, 0) is 0 Å². The maximum absolute atomic E-state index is 11.7. The summed E-state index contributed by atoms with van der Waals surface area (Å²) in [6.07, 6.45) is 4.39. The van der Waals surface area contributed by atoms with Crippen LogP contribution < -0.4 is 22.1 Å². The molecule has 1 saturated carbocycles. The number of hydrogen-bond acceptors (Lipinski definition) is 5. The molecule has 3 rings (SSSR count). The molecule has 6 N–H and O–H groups in total. The molecule has 2 aromatic rings. The molecule has 1 aliphatic carbocycles. The van der Waals surface area contributed by atoms with Crippen LogP contribution in [0.4, 0.5) is 17.3 Å². The zero-order valence-corrected chi connectivity index (χ0v) is 14.5. The number of hydrogen-bond donors (Lipinski definition) is 4. The van der Waals surface area contributed by atoms with Crippen LogP contribution in [0.3, 0.4) is 0 Å². The first kappa shape index (κ1) is 17.2. The fraction of sp³-hybridized carbons (Fsp3) is 0.368. The quantitative estimate of drug-likeness (QED) is 0.670. The zero-order valence-electron chi connectivity index (χ0n) is 14.5. The summed E-state index contributed by atoms with van der Waals surface area (Å²) in [6.45, 7) is 2.01. The maximum atomic E-state index is 11.7. The van der Waals surface area contributed by atoms with Crippen LogP contribution in [0.15, 0.2) is 36.4 Å². The lowest BCUT2D eigenvalue weighted by Crippen LogP contribution is -2.42. The molecule has 0 spiro atoms. The molecular weight excluding hydrogens is 314 g/mol. The van der Waals surface area contributed by atoms with Crippen molar-refractivity contribution in [2.24, 2.45) is 11.5 Å². The minimum atomic E-state index is -0.511. The lowest BCUT2D eigenvalue weighted by atomic mass is 9.91. The van der Waals surface area contributed by atoms with E-state index < -0.39 is 5.91 Å². The van der Waals surface area contributed by atoms with E-state index in [1.54, 1.807) is 12.1 Å². The normalized spacial score (nSPS) is 20.1. The number of primary amides is 1. The van der Waals surface area contributed by atoms with Gasteiger partial charge in [-0.3, -0.25) is 4.79 Å². The van der Waals surface area contributed by atoms with E-state index in [1.807, 2.05) is 31.2 Å². The molecular formula is C19H25N5O. The molecule has 132 valence electrons. The topological polar surface area (TPSA) is 106 Å². The zero-order chi connectivity index (χ0) is 17.8. The van der Waals surface area contributed by atoms with E-state index in [-0.39, 0.29) is 12.1 Å². The van der Waals surface area contributed by atoms with Crippen molar-refractivity contribution in [3.63, 3.8) is 0 Å². The number of amides is 1. The monoisotopic (exact) mass is 339 g/mol. The van der Waals surface area contributed by atoms with Crippen LogP contribution in [-0.4, -0.2) is 23.0 Å². The Balaban J connectivity index is 1.85. The Morgan fingerprint density at radius 1 is 1.20 bits per heavy atom. The Labute approximate surface area is 148 Å². The molecule has 25 heavy (non-hydrogen) atoms. The molecule has 0 bridgehead atoms. The second kappa shape index (κ2) is 7.53. The molecule has 1 heterocycles. The summed E-state index contributed by atoms with van der Waals surface area (Å²) in [4.78, 5) is 16.3. The Morgan fingerprint density at radius 3 is 2.72 bits per heavy atom. The summed E-state index contributed by atoms with van der Waals surface area (Å²) in [6, 6.07) is 11.7. The van der Waals surface area contributed by atoms with Crippen LogP contribution in [0, 0.1) is 6.92 Å². The van der Waals surface area contributed by atoms with Crippen LogP contribution in [0.5, 0.6) is 0 Å². The summed E-state index contributed by atoms with van der Waals surface area (Å²) in [5.41, 5.74) is 14.0. The number of nitrogens with one attached hydrogen (secondary N) is 2. The van der Waals surface area contributed by atoms with Gasteiger partial charge >= 0.3 is 0 Å². The van der Waals surface area contributed by atoms with Crippen molar-refractivity contribution < 1.29 is 4.79 Å². The van der Waals surface area contributed by atoms with E-state index in [0.29, 0.717) is 17.2 Å². The van der Waals surface area contributed by atoms with Crippen molar-refractivity contribution in [2.45, 2.75) is 44.7 Å². The van der Waals surface area contributed by atoms with E-state index in [1.165, 1.54) is 12.8 Å². The molecule has 0 saturated heterocycles. The molecule has 1 aromatic carbocycles. The summed E-state index contributed by atoms with van der Waals surface area (Å²) < 4.78 is 0. The average Bonchev–Trinajstić information content (AvgIpc) is 2.57. The number of aryl methyl sites for hydroxylation is 1. The smallest absolute Gasteiger partial charge is 0.252 e. The van der Waals surface area contributed by atoms with Gasteiger partial charge in [-0.25, -0.2) is 4.98 Å². The molecule has 6 nitrogen and oxygen atoms in total. The van der Waals surface area contributed by atoms with E-state index in [4.69, 9.17) is 11.5 Å². The number of benzene rings is 1. The standard InChI is InChI=1S/C19H25N5O/c1-12-5-4-6-13(11-12)22-19-14(18(21)25)9-10-17(24-19)23-16-8-3-2-7-15(16)20/h4-6,9-11,15-16H,2-3,7-8,20H2,1H3,(H2,21,25)(H2,22,23,24)/t15-,16+/m0/s1. The number of nitrogens with zero attached hydrogens (tertiary/aromatic N) is 1. The highest BCUT2D eigenvalue weighted by molar-refractivity contribution is 5.98. The summed E-state index contributed by atoms with van der Waals surface area (Å²) in [5.74, 6) is 0.638. The lowest BCUT2D eigenvalue weighted by molar-refractivity contribution is 0.100. The molecule has 1 fully saturated rings. The van der Waals surface area contributed by atoms with Gasteiger partial charge < -0.3 is 22.1 Å². The van der Waals surface area contributed by atoms with Crippen LogP contribution in [0.1, 0.15) is 41.6 Å². The van der Waals surface area contributed by atoms with Gasteiger partial charge in [-0.05, 0) is 49.6 Å². The average molecular weight is 339 g/mol. The third kappa shape index (κ3) is 4.28. The molecule has 0 aliphatic heterocycles. The van der Waals surface area contributed by atoms with E-state index in [2.05, 4.69) is 15.6 Å². The fourth-order valence-corrected chi connectivity index (χ4v) is 3.22. The first-order valence-corrected chi connectivity index (χ1v) is 8.69. The molecule has 1 aliphatic rings. The van der Waals surface area contributed by atoms with Gasteiger partial charge in [0.25, 0.3) is 5.91 Å². The second-order valence-corrected chi connectivity index (χ2v) is 6.65. The number of carbonyl (C=O) groups excluding carboxylic acids is 1. The number of carbonyl (C=O) groups is 1. The number of aromatic nitrogens is 1. The van der Waals surface area contributed by atoms with Crippen molar-refractivity contribution in [3.8, 4) is 0 Å². The van der Waals surface area contributed by atoms with Gasteiger partial charge in [0.1, 0.15) is 11.6 Å². The third-order valence-corrected chi connectivity index (χ3v) is 4.59. The minimum absolute atomic E-state index is 0.125. The lowest BCUT2D eigenvalue weighted by Gasteiger charge is -2.29. The SMILES string of the molecule is Cc1cccc(Nc2nc(N[C@@H]3CCCC[C@@H]3N)ccc2C(N)=O)c1. The van der Waals surface area contributed by atoms with Gasteiger partial charge in [0.15, 0.2) is 0 Å². The van der Waals surface area contributed by atoms with Crippen molar-refractivity contribution in [2.75, 3.05) is 10.6 Å². The Hall–Kier alpha value is -2.60. The van der Waals surface area contributed by atoms with Crippen molar-refractivity contribution in [3.05, 3.63) is 47.5 Å². The highest BCUT2D eigenvalue weighted by Gasteiger charge is 2.22. The minimum Gasteiger partial charge on any atom is -0.366 e. The van der Waals surface area contributed by atoms with Crippen LogP contribution in [0.25, 0.3) is 0 Å². The predicted molar refractivity (Wildman–Crippen MR) is 101 cm³/mol. The molecule has 0 unspecified atom stereocenters. The third-order valence-electron chi connectivity index (χ3n) is 4.59. The second-order valence-electron chi connectivity index (χ2n) is 6.65. The number of nitrogens with two attached hydrogens (primary N) is 2. The first-order chi connectivity index (χ1) is 12.0. The van der Waals surface area contributed by atoms with Gasteiger partial charge in [-0.2, -0.15) is 0 Å². The van der Waals surface area contributed by atoms with Crippen LogP contribution in [0.2, 0.25) is 0 Å². The van der Waals surface area contributed by atoms with Crippen molar-refractivity contribution in [1.29, 1.82) is 0 Å². The van der Waals surface area contributed by atoms with Gasteiger partial charge in [0, 0.05) is 17.8 Å². The predicted octanol–water partition coefficient (Wildman–Crippen LogP) is 2.91. The van der Waals surface area contributed by atoms with Crippen molar-refractivity contribution >= 4 is 23.2 Å². The first-order valence-electron chi connectivity index (χ1n) is 8.69. The number of anilines is 3.